The zero-order valence-corrected chi connectivity index (χ0v) is 13.9. The summed E-state index contributed by atoms with van der Waals surface area (Å²) in [7, 11) is 1.95. The van der Waals surface area contributed by atoms with Crippen LogP contribution in [0.15, 0.2) is 47.2 Å². The largest absolute Gasteiger partial charge is 0.345 e. The molecule has 0 aliphatic heterocycles. The van der Waals surface area contributed by atoms with Crippen LogP contribution in [-0.2, 0) is 11.3 Å². The van der Waals surface area contributed by atoms with Crippen LogP contribution in [-0.4, -0.2) is 17.5 Å². The molecule has 0 fully saturated rings. The molecule has 2 rings (SSSR count). The lowest BCUT2D eigenvalue weighted by molar-refractivity contribution is -0.116. The van der Waals surface area contributed by atoms with Gasteiger partial charge in [0.2, 0.25) is 5.91 Å². The summed E-state index contributed by atoms with van der Waals surface area (Å²) in [4.78, 5) is 12.0. The van der Waals surface area contributed by atoms with Crippen LogP contribution >= 0.6 is 15.9 Å². The van der Waals surface area contributed by atoms with E-state index in [-0.39, 0.29) is 5.91 Å². The third-order valence-electron chi connectivity index (χ3n) is 3.39. The number of hydrogen-bond donors (Lipinski definition) is 2. The van der Waals surface area contributed by atoms with Crippen molar-refractivity contribution < 1.29 is 4.79 Å². The Hall–Kier alpha value is -1.59. The lowest BCUT2D eigenvalue weighted by Crippen LogP contribution is -2.18. The molecule has 1 amide bonds. The van der Waals surface area contributed by atoms with Gasteiger partial charge in [-0.15, -0.1) is 0 Å². The summed E-state index contributed by atoms with van der Waals surface area (Å²) < 4.78 is 2.90. The normalized spacial score (nSPS) is 12.1. The van der Waals surface area contributed by atoms with Gasteiger partial charge in [0.05, 0.1) is 0 Å². The Morgan fingerprint density at radius 1 is 1.29 bits per heavy atom. The number of carbonyl (C=O) groups excluding carboxylic acids is 1. The molecular weight excluding hydrogens is 330 g/mol. The summed E-state index contributed by atoms with van der Waals surface area (Å²) in [6, 6.07) is 9.94. The van der Waals surface area contributed by atoms with E-state index >= 15 is 0 Å². The maximum absolute atomic E-state index is 12.0. The number of anilines is 1. The monoisotopic (exact) mass is 349 g/mol. The van der Waals surface area contributed by atoms with Gasteiger partial charge in [0.1, 0.15) is 6.54 Å². The van der Waals surface area contributed by atoms with Gasteiger partial charge in [0.25, 0.3) is 0 Å². The predicted molar refractivity (Wildman–Crippen MR) is 89.3 cm³/mol. The first-order chi connectivity index (χ1) is 10.1. The average Bonchev–Trinajstić information content (AvgIpc) is 2.91. The van der Waals surface area contributed by atoms with Crippen LogP contribution in [0.25, 0.3) is 0 Å². The highest BCUT2D eigenvalue weighted by Crippen LogP contribution is 2.17. The molecule has 1 atom stereocenters. The van der Waals surface area contributed by atoms with E-state index < -0.39 is 0 Å². The van der Waals surface area contributed by atoms with Crippen molar-refractivity contribution in [3.63, 3.8) is 0 Å². The molecule has 0 radical (unpaired) electrons. The predicted octanol–water partition coefficient (Wildman–Crippen LogP) is 3.56. The molecule has 1 unspecified atom stereocenters. The molecule has 1 aromatic carbocycles. The molecule has 0 saturated carbocycles. The van der Waals surface area contributed by atoms with Gasteiger partial charge in [-0.05, 0) is 49.4 Å². The van der Waals surface area contributed by atoms with E-state index in [0.29, 0.717) is 12.6 Å². The van der Waals surface area contributed by atoms with E-state index in [1.807, 2.05) is 48.3 Å². The van der Waals surface area contributed by atoms with Gasteiger partial charge in [-0.25, -0.2) is 0 Å². The van der Waals surface area contributed by atoms with Gasteiger partial charge in [0.15, 0.2) is 0 Å². The quantitative estimate of drug-likeness (QED) is 0.837. The zero-order valence-electron chi connectivity index (χ0n) is 12.3. The molecule has 2 aromatic rings. The molecular formula is C16H20BrN3O. The number of rotatable bonds is 6. The van der Waals surface area contributed by atoms with Gasteiger partial charge < -0.3 is 15.2 Å². The Balaban J connectivity index is 1.95. The molecule has 1 aromatic heterocycles. The number of carbonyl (C=O) groups is 1. The fourth-order valence-electron chi connectivity index (χ4n) is 2.27. The summed E-state index contributed by atoms with van der Waals surface area (Å²) in [5, 5.41) is 6.15. The third kappa shape index (κ3) is 4.44. The van der Waals surface area contributed by atoms with Gasteiger partial charge in [-0.1, -0.05) is 22.9 Å². The van der Waals surface area contributed by atoms with Crippen molar-refractivity contribution in [3.05, 3.63) is 52.8 Å². The number of benzene rings is 1. The highest BCUT2D eigenvalue weighted by molar-refractivity contribution is 9.10. The fourth-order valence-corrected chi connectivity index (χ4v) is 2.53. The average molecular weight is 350 g/mol. The number of halogens is 1. The number of nitrogens with one attached hydrogen (secondary N) is 2. The SMILES string of the molecule is CCC(NC)c1ccn(CC(=O)Nc2ccc(Br)cc2)c1. The van der Waals surface area contributed by atoms with E-state index in [2.05, 4.69) is 39.6 Å². The zero-order chi connectivity index (χ0) is 15.2. The number of aromatic nitrogens is 1. The molecule has 0 spiro atoms. The van der Waals surface area contributed by atoms with Crippen LogP contribution in [0.3, 0.4) is 0 Å². The van der Waals surface area contributed by atoms with E-state index in [0.717, 1.165) is 16.6 Å². The molecule has 21 heavy (non-hydrogen) atoms. The van der Waals surface area contributed by atoms with Crippen LogP contribution in [0, 0.1) is 0 Å². The van der Waals surface area contributed by atoms with Gasteiger partial charge in [-0.3, -0.25) is 4.79 Å². The van der Waals surface area contributed by atoms with Crippen LogP contribution in [0.4, 0.5) is 5.69 Å². The summed E-state index contributed by atoms with van der Waals surface area (Å²) in [5.41, 5.74) is 2.01. The number of amides is 1. The molecule has 0 saturated heterocycles. The smallest absolute Gasteiger partial charge is 0.244 e. The molecule has 112 valence electrons. The minimum Gasteiger partial charge on any atom is -0.345 e. The van der Waals surface area contributed by atoms with Crippen molar-refractivity contribution >= 4 is 27.5 Å². The Morgan fingerprint density at radius 3 is 2.62 bits per heavy atom. The van der Waals surface area contributed by atoms with E-state index in [1.165, 1.54) is 5.56 Å². The lowest BCUT2D eigenvalue weighted by atomic mass is 10.1. The molecule has 0 aliphatic rings. The van der Waals surface area contributed by atoms with Crippen molar-refractivity contribution in [2.75, 3.05) is 12.4 Å². The second-order valence-corrected chi connectivity index (χ2v) is 5.84. The van der Waals surface area contributed by atoms with Crippen LogP contribution in [0.2, 0.25) is 0 Å². The minimum atomic E-state index is -0.0306. The molecule has 5 heteroatoms. The topological polar surface area (TPSA) is 46.1 Å². The maximum Gasteiger partial charge on any atom is 0.244 e. The lowest BCUT2D eigenvalue weighted by Gasteiger charge is -2.11. The van der Waals surface area contributed by atoms with Crippen LogP contribution < -0.4 is 10.6 Å². The summed E-state index contributed by atoms with van der Waals surface area (Å²) in [6.45, 7) is 2.45. The maximum atomic E-state index is 12.0. The second-order valence-electron chi connectivity index (χ2n) is 4.92. The van der Waals surface area contributed by atoms with Crippen molar-refractivity contribution in [3.8, 4) is 0 Å². The highest BCUT2D eigenvalue weighted by Gasteiger charge is 2.09. The number of hydrogen-bond acceptors (Lipinski definition) is 2. The van der Waals surface area contributed by atoms with Crippen molar-refractivity contribution in [2.45, 2.75) is 25.9 Å². The molecule has 2 N–H and O–H groups in total. The fraction of sp³-hybridized carbons (Fsp3) is 0.312. The first-order valence-electron chi connectivity index (χ1n) is 7.00. The van der Waals surface area contributed by atoms with E-state index in [1.54, 1.807) is 0 Å². The van der Waals surface area contributed by atoms with Crippen molar-refractivity contribution in [1.82, 2.24) is 9.88 Å². The van der Waals surface area contributed by atoms with Crippen LogP contribution in [0.1, 0.15) is 24.9 Å². The minimum absolute atomic E-state index is 0.0306. The first kappa shape index (κ1) is 15.8. The molecule has 0 aliphatic carbocycles. The molecule has 1 heterocycles. The third-order valence-corrected chi connectivity index (χ3v) is 3.92. The van der Waals surface area contributed by atoms with Crippen molar-refractivity contribution in [2.24, 2.45) is 0 Å². The summed E-state index contributed by atoms with van der Waals surface area (Å²) in [5.74, 6) is -0.0306. The van der Waals surface area contributed by atoms with E-state index in [9.17, 15) is 4.79 Å². The van der Waals surface area contributed by atoms with Gasteiger partial charge in [-0.2, -0.15) is 0 Å². The molecule has 0 bridgehead atoms. The second kappa shape index (κ2) is 7.43. The Bertz CT molecular complexity index is 588. The standard InChI is InChI=1S/C16H20BrN3O/c1-3-15(18-2)12-8-9-20(10-12)11-16(21)19-14-6-4-13(17)5-7-14/h4-10,15,18H,3,11H2,1-2H3,(H,19,21). The first-order valence-corrected chi connectivity index (χ1v) is 7.80. The van der Waals surface area contributed by atoms with Gasteiger partial charge >= 0.3 is 0 Å². The van der Waals surface area contributed by atoms with Crippen molar-refractivity contribution in [1.29, 1.82) is 0 Å². The Kier molecular flexibility index (Phi) is 5.59. The van der Waals surface area contributed by atoms with Crippen LogP contribution in [0.5, 0.6) is 0 Å². The Morgan fingerprint density at radius 2 is 2.00 bits per heavy atom. The Labute approximate surface area is 133 Å². The van der Waals surface area contributed by atoms with Gasteiger partial charge in [0, 0.05) is 28.6 Å². The molecule has 4 nitrogen and oxygen atoms in total. The highest BCUT2D eigenvalue weighted by atomic mass is 79.9. The summed E-state index contributed by atoms with van der Waals surface area (Å²) >= 11 is 3.37. The van der Waals surface area contributed by atoms with E-state index in [4.69, 9.17) is 0 Å². The number of nitrogens with zero attached hydrogens (tertiary/aromatic N) is 1. The summed E-state index contributed by atoms with van der Waals surface area (Å²) in [6.07, 6.45) is 4.98.